The Kier molecular flexibility index (Phi) is 7.68. The van der Waals surface area contributed by atoms with Crippen LogP contribution in [-0.4, -0.2) is 23.0 Å². The first-order valence-corrected chi connectivity index (χ1v) is 5.53. The number of hydrogen-bond acceptors (Lipinski definition) is 4. The molecule has 15 heavy (non-hydrogen) atoms. The predicted octanol–water partition coefficient (Wildman–Crippen LogP) is 2.74. The highest BCUT2D eigenvalue weighted by atomic mass is 16.5. The van der Waals surface area contributed by atoms with Crippen LogP contribution >= 0.6 is 0 Å². The van der Waals surface area contributed by atoms with E-state index in [4.69, 9.17) is 9.94 Å². The van der Waals surface area contributed by atoms with Crippen molar-refractivity contribution < 1.29 is 14.7 Å². The summed E-state index contributed by atoms with van der Waals surface area (Å²) in [5, 5.41) is 11.6. The van der Waals surface area contributed by atoms with E-state index >= 15 is 0 Å². The molecule has 0 radical (unpaired) electrons. The van der Waals surface area contributed by atoms with Gasteiger partial charge in [-0.3, -0.25) is 0 Å². The first-order chi connectivity index (χ1) is 7.11. The van der Waals surface area contributed by atoms with Gasteiger partial charge < -0.3 is 9.94 Å². The fraction of sp³-hybridized carbons (Fsp3) is 0.818. The first-order valence-electron chi connectivity index (χ1n) is 5.53. The van der Waals surface area contributed by atoms with E-state index in [1.807, 2.05) is 0 Å². The highest BCUT2D eigenvalue weighted by Crippen LogP contribution is 2.05. The molecule has 0 unspecified atom stereocenters. The van der Waals surface area contributed by atoms with Crippen LogP contribution in [0.1, 0.15) is 52.9 Å². The molecular formula is C11H21NO3. The third-order valence-electron chi connectivity index (χ3n) is 1.97. The van der Waals surface area contributed by atoms with Crippen LogP contribution in [0.15, 0.2) is 5.16 Å². The second kappa shape index (κ2) is 8.26. The number of carbonyl (C=O) groups is 1. The Morgan fingerprint density at radius 1 is 1.33 bits per heavy atom. The number of rotatable bonds is 7. The topological polar surface area (TPSA) is 58.9 Å². The van der Waals surface area contributed by atoms with Crippen molar-refractivity contribution in [3.63, 3.8) is 0 Å². The third kappa shape index (κ3) is 6.94. The number of esters is 1. The molecule has 0 aromatic rings. The summed E-state index contributed by atoms with van der Waals surface area (Å²) in [5.74, 6) is -0.510. The van der Waals surface area contributed by atoms with Crippen LogP contribution in [0.5, 0.6) is 0 Å². The quantitative estimate of drug-likeness (QED) is 0.233. The summed E-state index contributed by atoms with van der Waals surface area (Å²) >= 11 is 0. The molecule has 0 aromatic heterocycles. The molecule has 0 aliphatic rings. The molecule has 0 heterocycles. The summed E-state index contributed by atoms with van der Waals surface area (Å²) in [4.78, 5) is 11.3. The first kappa shape index (κ1) is 13.9. The Balaban J connectivity index is 3.87. The van der Waals surface area contributed by atoms with Crippen molar-refractivity contribution in [2.24, 2.45) is 5.16 Å². The summed E-state index contributed by atoms with van der Waals surface area (Å²) in [5.41, 5.74) is 0.125. The van der Waals surface area contributed by atoms with Crippen molar-refractivity contribution in [1.82, 2.24) is 0 Å². The van der Waals surface area contributed by atoms with Gasteiger partial charge in [0.15, 0.2) is 5.71 Å². The molecule has 0 atom stereocenters. The van der Waals surface area contributed by atoms with Crippen LogP contribution in [0, 0.1) is 0 Å². The summed E-state index contributed by atoms with van der Waals surface area (Å²) in [6.07, 6.45) is 4.50. The fourth-order valence-corrected chi connectivity index (χ4v) is 1.19. The molecule has 4 nitrogen and oxygen atoms in total. The lowest BCUT2D eigenvalue weighted by Gasteiger charge is -2.08. The lowest BCUT2D eigenvalue weighted by molar-refractivity contribution is -0.139. The maximum Gasteiger partial charge on any atom is 0.356 e. The van der Waals surface area contributed by atoms with E-state index in [-0.39, 0.29) is 11.8 Å². The van der Waals surface area contributed by atoms with Crippen LogP contribution in [0.3, 0.4) is 0 Å². The molecule has 1 N–H and O–H groups in total. The van der Waals surface area contributed by atoms with Gasteiger partial charge in [-0.1, -0.05) is 31.3 Å². The Hall–Kier alpha value is -1.06. The van der Waals surface area contributed by atoms with Crippen LogP contribution in [0.25, 0.3) is 0 Å². The summed E-state index contributed by atoms with van der Waals surface area (Å²) < 4.78 is 4.93. The Morgan fingerprint density at radius 3 is 2.47 bits per heavy atom. The molecule has 4 heteroatoms. The highest BCUT2D eigenvalue weighted by Gasteiger charge is 2.14. The zero-order chi connectivity index (χ0) is 11.7. The standard InChI is InChI=1S/C11H21NO3/c1-4-5-6-7-8-10(12-14)11(13)15-9(2)3/h9,14H,4-8H2,1-3H3. The summed E-state index contributed by atoms with van der Waals surface area (Å²) in [7, 11) is 0. The van der Waals surface area contributed by atoms with Gasteiger partial charge in [0, 0.05) is 6.42 Å². The van der Waals surface area contributed by atoms with Gasteiger partial charge in [0.1, 0.15) is 0 Å². The van der Waals surface area contributed by atoms with Crippen molar-refractivity contribution in [3.8, 4) is 0 Å². The van der Waals surface area contributed by atoms with E-state index in [9.17, 15) is 4.79 Å². The van der Waals surface area contributed by atoms with Crippen LogP contribution in [0.4, 0.5) is 0 Å². The van der Waals surface area contributed by atoms with Gasteiger partial charge in [-0.05, 0) is 20.3 Å². The summed E-state index contributed by atoms with van der Waals surface area (Å²) in [6, 6.07) is 0. The molecule has 0 amide bonds. The van der Waals surface area contributed by atoms with Crippen LogP contribution in [0.2, 0.25) is 0 Å². The van der Waals surface area contributed by atoms with E-state index in [1.165, 1.54) is 0 Å². The highest BCUT2D eigenvalue weighted by molar-refractivity contribution is 6.36. The molecule has 0 spiro atoms. The molecule has 0 saturated carbocycles. The van der Waals surface area contributed by atoms with Crippen molar-refractivity contribution >= 4 is 11.7 Å². The van der Waals surface area contributed by atoms with E-state index in [1.54, 1.807) is 13.8 Å². The van der Waals surface area contributed by atoms with Gasteiger partial charge in [-0.15, -0.1) is 0 Å². The Morgan fingerprint density at radius 2 is 2.00 bits per heavy atom. The number of carbonyl (C=O) groups excluding carboxylic acids is 1. The van der Waals surface area contributed by atoms with Crippen molar-refractivity contribution in [2.75, 3.05) is 0 Å². The summed E-state index contributed by atoms with van der Waals surface area (Å²) in [6.45, 7) is 5.65. The van der Waals surface area contributed by atoms with Gasteiger partial charge in [-0.25, -0.2) is 4.79 Å². The zero-order valence-corrected chi connectivity index (χ0v) is 9.82. The Bertz CT molecular complexity index is 212. The number of oxime groups is 1. The average Bonchev–Trinajstić information content (AvgIpc) is 2.16. The second-order valence-electron chi connectivity index (χ2n) is 3.81. The number of unbranched alkanes of at least 4 members (excludes halogenated alkanes) is 3. The number of ether oxygens (including phenoxy) is 1. The second-order valence-corrected chi connectivity index (χ2v) is 3.81. The van der Waals surface area contributed by atoms with Crippen LogP contribution in [-0.2, 0) is 9.53 Å². The maximum atomic E-state index is 11.3. The van der Waals surface area contributed by atoms with Crippen molar-refractivity contribution in [2.45, 2.75) is 59.0 Å². The zero-order valence-electron chi connectivity index (χ0n) is 9.82. The lowest BCUT2D eigenvalue weighted by atomic mass is 10.1. The molecule has 0 rings (SSSR count). The van der Waals surface area contributed by atoms with Gasteiger partial charge in [0.05, 0.1) is 6.10 Å². The van der Waals surface area contributed by atoms with E-state index in [2.05, 4.69) is 12.1 Å². The number of hydrogen-bond donors (Lipinski definition) is 1. The van der Waals surface area contributed by atoms with Crippen molar-refractivity contribution in [3.05, 3.63) is 0 Å². The third-order valence-corrected chi connectivity index (χ3v) is 1.97. The normalized spacial score (nSPS) is 11.9. The van der Waals surface area contributed by atoms with Gasteiger partial charge in [0.25, 0.3) is 0 Å². The predicted molar refractivity (Wildman–Crippen MR) is 59.2 cm³/mol. The smallest absolute Gasteiger partial charge is 0.356 e. The van der Waals surface area contributed by atoms with Crippen LogP contribution < -0.4 is 0 Å². The molecule has 0 bridgehead atoms. The van der Waals surface area contributed by atoms with E-state index in [0.29, 0.717) is 6.42 Å². The molecule has 0 aliphatic heterocycles. The molecule has 88 valence electrons. The lowest BCUT2D eigenvalue weighted by Crippen LogP contribution is -2.21. The monoisotopic (exact) mass is 215 g/mol. The van der Waals surface area contributed by atoms with E-state index in [0.717, 1.165) is 25.7 Å². The minimum absolute atomic E-state index is 0.125. The minimum Gasteiger partial charge on any atom is -0.458 e. The largest absolute Gasteiger partial charge is 0.458 e. The van der Waals surface area contributed by atoms with Gasteiger partial charge in [-0.2, -0.15) is 0 Å². The molecule has 0 saturated heterocycles. The molecule has 0 aromatic carbocycles. The average molecular weight is 215 g/mol. The number of nitrogens with zero attached hydrogens (tertiary/aromatic N) is 1. The maximum absolute atomic E-state index is 11.3. The van der Waals surface area contributed by atoms with Gasteiger partial charge >= 0.3 is 5.97 Å². The van der Waals surface area contributed by atoms with E-state index < -0.39 is 5.97 Å². The fourth-order valence-electron chi connectivity index (χ4n) is 1.19. The Labute approximate surface area is 91.3 Å². The molecule has 0 fully saturated rings. The SMILES string of the molecule is CCCCCCC(=NO)C(=O)OC(C)C. The van der Waals surface area contributed by atoms with Gasteiger partial charge in [0.2, 0.25) is 0 Å². The molecule has 0 aliphatic carbocycles. The molecular weight excluding hydrogens is 194 g/mol. The van der Waals surface area contributed by atoms with Crippen molar-refractivity contribution in [1.29, 1.82) is 0 Å². The minimum atomic E-state index is -0.510.